The predicted molar refractivity (Wildman–Crippen MR) is 87.3 cm³/mol. The fourth-order valence-electron chi connectivity index (χ4n) is 1.80. The van der Waals surface area contributed by atoms with E-state index in [-0.39, 0.29) is 12.5 Å². The van der Waals surface area contributed by atoms with Crippen molar-refractivity contribution >= 4 is 20.5 Å². The van der Waals surface area contributed by atoms with Gasteiger partial charge in [-0.1, -0.05) is 0 Å². The lowest BCUT2D eigenvalue weighted by atomic mass is 10.3. The maximum Gasteiger partial charge on any atom is 0.144 e. The zero-order valence-corrected chi connectivity index (χ0v) is 18.5. The predicted octanol–water partition coefficient (Wildman–Crippen LogP) is -2.07. The van der Waals surface area contributed by atoms with Gasteiger partial charge in [0.1, 0.15) is 23.3 Å². The Morgan fingerprint density at radius 2 is 1.00 bits per heavy atom. The van der Waals surface area contributed by atoms with Crippen LogP contribution in [-0.2, 0) is 28.4 Å². The largest absolute Gasteiger partial charge is 0.366 e. The average molecular weight is 342 g/mol. The van der Waals surface area contributed by atoms with Crippen LogP contribution in [0.15, 0.2) is 0 Å². The first-order valence-corrected chi connectivity index (χ1v) is 8.84. The SMILES string of the molecule is COC(CC([SiH3])(OC)OC)NC(CC([SiH3])(OC)OC)OC. The van der Waals surface area contributed by atoms with E-state index in [1.165, 1.54) is 0 Å². The molecule has 21 heavy (non-hydrogen) atoms. The van der Waals surface area contributed by atoms with E-state index in [1.54, 1.807) is 42.7 Å². The highest BCUT2D eigenvalue weighted by Gasteiger charge is 2.32. The maximum atomic E-state index is 5.46. The van der Waals surface area contributed by atoms with E-state index in [9.17, 15) is 0 Å². The van der Waals surface area contributed by atoms with Crippen LogP contribution >= 0.6 is 0 Å². The van der Waals surface area contributed by atoms with Crippen molar-refractivity contribution in [2.75, 3.05) is 42.7 Å². The van der Waals surface area contributed by atoms with Crippen LogP contribution in [0.2, 0.25) is 0 Å². The average Bonchev–Trinajstić information content (AvgIpc) is 2.52. The molecule has 0 heterocycles. The summed E-state index contributed by atoms with van der Waals surface area (Å²) in [6, 6.07) is 0. The molecule has 9 heteroatoms. The lowest BCUT2D eigenvalue weighted by Gasteiger charge is -2.35. The summed E-state index contributed by atoms with van der Waals surface area (Å²) in [6.45, 7) is 0. The number of hydrogen-bond acceptors (Lipinski definition) is 7. The molecule has 0 saturated carbocycles. The Kier molecular flexibility index (Phi) is 10.1. The highest BCUT2D eigenvalue weighted by atomic mass is 28.2. The molecule has 0 rings (SSSR count). The van der Waals surface area contributed by atoms with Crippen LogP contribution < -0.4 is 5.32 Å². The Morgan fingerprint density at radius 3 is 1.19 bits per heavy atom. The van der Waals surface area contributed by atoms with Gasteiger partial charge >= 0.3 is 0 Å². The number of methoxy groups -OCH3 is 6. The van der Waals surface area contributed by atoms with Crippen LogP contribution in [-0.4, -0.2) is 86.4 Å². The fraction of sp³-hybridized carbons (Fsp3) is 1.00. The third kappa shape index (κ3) is 7.30. The first-order valence-electron chi connectivity index (χ1n) is 6.84. The van der Waals surface area contributed by atoms with Gasteiger partial charge in [-0.05, 0) is 0 Å². The maximum absolute atomic E-state index is 5.46. The molecule has 1 N–H and O–H groups in total. The van der Waals surface area contributed by atoms with Crippen molar-refractivity contribution in [2.45, 2.75) is 36.1 Å². The van der Waals surface area contributed by atoms with Gasteiger partial charge in [0.2, 0.25) is 0 Å². The molecular formula is C12H31NO6Si2. The van der Waals surface area contributed by atoms with E-state index in [0.717, 1.165) is 20.5 Å². The molecule has 0 spiro atoms. The fourth-order valence-corrected chi connectivity index (χ4v) is 2.54. The summed E-state index contributed by atoms with van der Waals surface area (Å²) in [4.78, 5) is 0. The third-order valence-corrected chi connectivity index (χ3v) is 6.23. The minimum absolute atomic E-state index is 0.257. The van der Waals surface area contributed by atoms with Crippen LogP contribution in [0.5, 0.6) is 0 Å². The molecule has 0 radical (unpaired) electrons. The van der Waals surface area contributed by atoms with E-state index < -0.39 is 10.8 Å². The zero-order chi connectivity index (χ0) is 16.5. The van der Waals surface area contributed by atoms with Gasteiger partial charge < -0.3 is 28.4 Å². The zero-order valence-electron chi connectivity index (χ0n) is 14.5. The molecule has 2 atom stereocenters. The van der Waals surface area contributed by atoms with E-state index in [1.807, 2.05) is 0 Å². The number of ether oxygens (including phenoxy) is 6. The first-order chi connectivity index (χ1) is 9.81. The van der Waals surface area contributed by atoms with Gasteiger partial charge in [0, 0.05) is 55.5 Å². The Hall–Kier alpha value is 0.154. The molecule has 0 fully saturated rings. The van der Waals surface area contributed by atoms with E-state index in [2.05, 4.69) is 5.32 Å². The van der Waals surface area contributed by atoms with Gasteiger partial charge in [0.25, 0.3) is 0 Å². The molecule has 0 aliphatic rings. The molecule has 128 valence electrons. The number of rotatable bonds is 12. The summed E-state index contributed by atoms with van der Waals surface area (Å²) in [7, 11) is 11.3. The summed E-state index contributed by atoms with van der Waals surface area (Å²) in [5, 5.41) is 3.28. The van der Waals surface area contributed by atoms with E-state index >= 15 is 0 Å². The molecule has 0 aliphatic heterocycles. The molecule has 0 aromatic carbocycles. The van der Waals surface area contributed by atoms with Crippen molar-refractivity contribution in [3.63, 3.8) is 0 Å². The summed E-state index contributed by atoms with van der Waals surface area (Å²) in [6.07, 6.45) is 0.617. The topological polar surface area (TPSA) is 67.4 Å². The summed E-state index contributed by atoms with van der Waals surface area (Å²) in [5.74, 6) is 0. The van der Waals surface area contributed by atoms with Crippen molar-refractivity contribution < 1.29 is 28.4 Å². The molecule has 0 aromatic heterocycles. The van der Waals surface area contributed by atoms with Crippen molar-refractivity contribution in [1.82, 2.24) is 5.32 Å². The second-order valence-electron chi connectivity index (χ2n) is 5.11. The van der Waals surface area contributed by atoms with Crippen molar-refractivity contribution in [3.05, 3.63) is 0 Å². The van der Waals surface area contributed by atoms with Gasteiger partial charge in [-0.15, -0.1) is 0 Å². The first kappa shape index (κ1) is 21.2. The van der Waals surface area contributed by atoms with Crippen molar-refractivity contribution in [3.8, 4) is 0 Å². The second kappa shape index (κ2) is 10.0. The second-order valence-corrected chi connectivity index (χ2v) is 8.15. The van der Waals surface area contributed by atoms with Crippen LogP contribution in [0.1, 0.15) is 12.8 Å². The van der Waals surface area contributed by atoms with Crippen LogP contribution in [0.4, 0.5) is 0 Å². The van der Waals surface area contributed by atoms with E-state index in [0.29, 0.717) is 12.8 Å². The lowest BCUT2D eigenvalue weighted by molar-refractivity contribution is -0.183. The number of hydrogen-bond donors (Lipinski definition) is 1. The van der Waals surface area contributed by atoms with Gasteiger partial charge in [-0.3, -0.25) is 5.32 Å². The van der Waals surface area contributed by atoms with E-state index in [4.69, 9.17) is 28.4 Å². The smallest absolute Gasteiger partial charge is 0.144 e. The Labute approximate surface area is 133 Å². The Morgan fingerprint density at radius 1 is 0.714 bits per heavy atom. The summed E-state index contributed by atoms with van der Waals surface area (Å²) in [5.41, 5.74) is -1.18. The molecule has 2 unspecified atom stereocenters. The molecule has 0 saturated heterocycles. The van der Waals surface area contributed by atoms with Gasteiger partial charge in [0.15, 0.2) is 0 Å². The molecule has 7 nitrogen and oxygen atoms in total. The normalized spacial score (nSPS) is 16.3. The minimum atomic E-state index is -0.591. The van der Waals surface area contributed by atoms with Crippen molar-refractivity contribution in [2.24, 2.45) is 0 Å². The monoisotopic (exact) mass is 341 g/mol. The van der Waals surface area contributed by atoms with Gasteiger partial charge in [0.05, 0.1) is 20.5 Å². The standard InChI is InChI=1S/C12H31NO6Si2/c1-14-9(7-11(20,16-3)17-4)13-10(15-2)8-12(21,18-5)19-6/h9-10,13H,7-8H2,1-6,20-21H3. The minimum Gasteiger partial charge on any atom is -0.366 e. The number of nitrogens with one attached hydrogen (secondary N) is 1. The molecular weight excluding hydrogens is 310 g/mol. The molecule has 0 amide bonds. The highest BCUT2D eigenvalue weighted by Crippen LogP contribution is 2.18. The molecule has 0 aromatic rings. The lowest BCUT2D eigenvalue weighted by Crippen LogP contribution is -2.51. The molecule has 0 aliphatic carbocycles. The van der Waals surface area contributed by atoms with Crippen molar-refractivity contribution in [1.29, 1.82) is 0 Å². The van der Waals surface area contributed by atoms with Crippen LogP contribution in [0.3, 0.4) is 0 Å². The Balaban J connectivity index is 4.69. The third-order valence-electron chi connectivity index (χ3n) is 3.78. The molecule has 0 bridgehead atoms. The van der Waals surface area contributed by atoms with Crippen LogP contribution in [0.25, 0.3) is 0 Å². The summed E-state index contributed by atoms with van der Waals surface area (Å²) >= 11 is 0. The highest BCUT2D eigenvalue weighted by molar-refractivity contribution is 6.13. The van der Waals surface area contributed by atoms with Gasteiger partial charge in [-0.2, -0.15) is 0 Å². The summed E-state index contributed by atoms with van der Waals surface area (Å²) < 4.78 is 32.6. The Bertz CT molecular complexity index is 250. The van der Waals surface area contributed by atoms with Crippen LogP contribution in [0, 0.1) is 0 Å². The van der Waals surface area contributed by atoms with Gasteiger partial charge in [-0.25, -0.2) is 0 Å². The quantitative estimate of drug-likeness (QED) is 0.323.